The number of aromatic hydroxyl groups is 1. The Morgan fingerprint density at radius 2 is 1.57 bits per heavy atom. The number of carbonyl (C=O) groups excluding carboxylic acids is 5. The molecule has 0 radical (unpaired) electrons. The number of aromatic amines is 1. The number of H-pyrrole nitrogens is 1. The second-order valence-corrected chi connectivity index (χ2v) is 22.4. The van der Waals surface area contributed by atoms with E-state index >= 15 is 0 Å². The highest BCUT2D eigenvalue weighted by atomic mass is 32.2. The lowest BCUT2D eigenvalue weighted by Crippen LogP contribution is -2.74. The number of Topliss-reactive ketones (excluding diaryl/α,β-unsaturated/α-hetero) is 1. The first kappa shape index (κ1) is 47.9. The Morgan fingerprint density at radius 3 is 2.35 bits per heavy atom. The summed E-state index contributed by atoms with van der Waals surface area (Å²) < 4.78 is 6.75. The summed E-state index contributed by atoms with van der Waals surface area (Å²) in [6.45, 7) is 3.44. The van der Waals surface area contributed by atoms with Crippen LogP contribution < -0.4 is 31.3 Å². The lowest BCUT2D eigenvalue weighted by Gasteiger charge is -2.62. The number of hydrogen-bond donors (Lipinski definition) is 8. The summed E-state index contributed by atoms with van der Waals surface area (Å²) in [7, 11) is 0. The number of para-hydroxylation sites is 1. The van der Waals surface area contributed by atoms with Gasteiger partial charge in [-0.1, -0.05) is 43.9 Å². The van der Waals surface area contributed by atoms with Crippen LogP contribution in [0.25, 0.3) is 10.9 Å². The molecule has 1 saturated carbocycles. The van der Waals surface area contributed by atoms with Gasteiger partial charge < -0.3 is 46.5 Å². The van der Waals surface area contributed by atoms with Gasteiger partial charge in [-0.2, -0.15) is 11.8 Å². The minimum Gasteiger partial charge on any atom is -0.504 e. The molecule has 1 aromatic heterocycles. The van der Waals surface area contributed by atoms with Crippen LogP contribution >= 0.6 is 11.8 Å². The van der Waals surface area contributed by atoms with Crippen LogP contribution in [0.3, 0.4) is 0 Å². The Bertz CT molecular complexity index is 2440. The molecular weight excluding hydrogens is 895 g/mol. The number of aromatic nitrogens is 1. The largest absolute Gasteiger partial charge is 0.504 e. The smallest absolute Gasteiger partial charge is 0.315 e. The Labute approximate surface area is 409 Å². The molecule has 4 aliphatic heterocycles. The normalized spacial score (nSPS) is 26.9. The van der Waals surface area contributed by atoms with Gasteiger partial charge in [-0.25, -0.2) is 4.79 Å². The third-order valence-electron chi connectivity index (χ3n) is 16.5. The van der Waals surface area contributed by atoms with E-state index in [1.165, 1.54) is 12.8 Å². The molecule has 2 unspecified atom stereocenters. The van der Waals surface area contributed by atoms with Gasteiger partial charge in [0.15, 0.2) is 17.6 Å². The second kappa shape index (κ2) is 20.5. The molecule has 15 nitrogen and oxygen atoms in total. The maximum Gasteiger partial charge on any atom is 0.315 e. The zero-order chi connectivity index (χ0) is 47.7. The summed E-state index contributed by atoms with van der Waals surface area (Å²) in [6, 6.07) is 9.88. The summed E-state index contributed by atoms with van der Waals surface area (Å²) in [5.41, 5.74) is 3.46. The third-order valence-corrected chi connectivity index (χ3v) is 18.1. The number of unbranched alkanes of at least 4 members (excludes halogenated alkanes) is 6. The molecule has 2 bridgehead atoms. The van der Waals surface area contributed by atoms with Crippen LogP contribution in [0.15, 0.2) is 30.3 Å². The summed E-state index contributed by atoms with van der Waals surface area (Å²) in [5, 5.41) is 40.7. The van der Waals surface area contributed by atoms with Crippen molar-refractivity contribution < 1.29 is 38.9 Å². The fourth-order valence-electron chi connectivity index (χ4n) is 12.8. The molecule has 7 atom stereocenters. The summed E-state index contributed by atoms with van der Waals surface area (Å²) >= 11 is 1.92. The van der Waals surface area contributed by atoms with Gasteiger partial charge in [-0.05, 0) is 106 Å². The lowest BCUT2D eigenvalue weighted by atomic mass is 9.49. The minimum atomic E-state index is -1.10. The van der Waals surface area contributed by atoms with E-state index in [1.807, 2.05) is 36.0 Å². The maximum absolute atomic E-state index is 13.7. The molecule has 10 rings (SSSR count). The number of nitrogens with zero attached hydrogens (tertiary/aromatic N) is 1. The van der Waals surface area contributed by atoms with E-state index in [9.17, 15) is 34.2 Å². The number of nitrogens with one attached hydrogen (secondary N) is 6. The number of thioether (sulfide) groups is 1. The highest BCUT2D eigenvalue weighted by Gasteiger charge is 2.73. The van der Waals surface area contributed by atoms with Crippen LogP contribution in [0.1, 0.15) is 154 Å². The zero-order valence-corrected chi connectivity index (χ0v) is 40.8. The molecule has 2 aromatic carbocycles. The van der Waals surface area contributed by atoms with Gasteiger partial charge in [-0.15, -0.1) is 0 Å². The number of carbonyl (C=O) groups is 5. The number of hydrogen-bond acceptors (Lipinski definition) is 10. The van der Waals surface area contributed by atoms with Crippen molar-refractivity contribution in [1.82, 2.24) is 36.5 Å². The van der Waals surface area contributed by atoms with Crippen LogP contribution in [0, 0.1) is 5.92 Å². The van der Waals surface area contributed by atoms with Crippen LogP contribution in [0.2, 0.25) is 0 Å². The number of aliphatic hydroxyl groups is 1. The molecule has 3 aromatic rings. The number of rotatable bonds is 25. The van der Waals surface area contributed by atoms with Crippen molar-refractivity contribution in [3.05, 3.63) is 58.3 Å². The van der Waals surface area contributed by atoms with E-state index < -0.39 is 17.1 Å². The van der Waals surface area contributed by atoms with Gasteiger partial charge in [0.1, 0.15) is 5.78 Å². The third kappa shape index (κ3) is 9.58. The topological polar surface area (TPSA) is 214 Å². The second-order valence-electron chi connectivity index (χ2n) is 21.1. The molecule has 3 saturated heterocycles. The predicted molar refractivity (Wildman–Crippen MR) is 265 cm³/mol. The number of phenols is 1. The molecular formula is C53H71N7O8S. The van der Waals surface area contributed by atoms with Gasteiger partial charge in [0, 0.05) is 86.3 Å². The Hall–Kier alpha value is -4.80. The first-order valence-electron chi connectivity index (χ1n) is 26.2. The summed E-state index contributed by atoms with van der Waals surface area (Å²) in [6.07, 6.45) is 15.1. The van der Waals surface area contributed by atoms with Crippen molar-refractivity contribution in [1.29, 1.82) is 0 Å². The predicted octanol–water partition coefficient (Wildman–Crippen LogP) is 6.12. The lowest BCUT2D eigenvalue weighted by molar-refractivity contribution is -0.173. The van der Waals surface area contributed by atoms with Crippen molar-refractivity contribution in [2.75, 3.05) is 38.5 Å². The molecule has 4 fully saturated rings. The standard InChI is InChI=1S/C53H71N7O8S/c61-34(12-4-2-8-24-54-42(63)17-6-1-5-16-40-47-38(31-69-40)57-51(66)59-47)13-11-26-55-43(64)18-7-3-9-25-56-50(65)36-15-10-14-35-37-29-53(67)41-28-33-21-22-39(62)48-44(33)52(53,23-27-60(41)30-32-19-20-32)49(68-48)46(37)58-45(35)36/h10,14-15,21-22,32,38,40-41,47,49,58,62,67H,1-9,11-13,16-20,23-31H2,(H,54,63)(H,55,64)(H,56,65)(H2,57,59,66)/t38-,40-,41?,47-,49-,52?,53+/m0/s1. The van der Waals surface area contributed by atoms with E-state index in [0.717, 1.165) is 116 Å². The molecule has 69 heavy (non-hydrogen) atoms. The minimum absolute atomic E-state index is 0.0282. The molecule has 8 N–H and O–H groups in total. The number of urea groups is 1. The van der Waals surface area contributed by atoms with Gasteiger partial charge in [-0.3, -0.25) is 24.1 Å². The van der Waals surface area contributed by atoms with E-state index in [4.69, 9.17) is 4.74 Å². The summed E-state index contributed by atoms with van der Waals surface area (Å²) in [4.78, 5) is 68.6. The van der Waals surface area contributed by atoms with Crippen LogP contribution in [-0.4, -0.2) is 117 Å². The van der Waals surface area contributed by atoms with Crippen LogP contribution in [0.4, 0.5) is 4.79 Å². The average molecular weight is 966 g/mol. The number of likely N-dealkylation sites (tertiary alicyclic amines) is 1. The van der Waals surface area contributed by atoms with Crippen LogP contribution in [-0.2, 0) is 32.6 Å². The van der Waals surface area contributed by atoms with Crippen molar-refractivity contribution in [2.45, 2.75) is 169 Å². The zero-order valence-electron chi connectivity index (χ0n) is 39.9. The van der Waals surface area contributed by atoms with E-state index in [0.29, 0.717) is 93.5 Å². The van der Waals surface area contributed by atoms with Crippen molar-refractivity contribution in [3.63, 3.8) is 0 Å². The highest BCUT2D eigenvalue weighted by molar-refractivity contribution is 8.00. The number of fused-ring (bicyclic) bond motifs is 5. The van der Waals surface area contributed by atoms with Gasteiger partial charge in [0.05, 0.1) is 39.9 Å². The molecule has 16 heteroatoms. The van der Waals surface area contributed by atoms with Crippen molar-refractivity contribution in [3.8, 4) is 11.5 Å². The van der Waals surface area contributed by atoms with Crippen LogP contribution in [0.5, 0.6) is 11.5 Å². The average Bonchev–Trinajstić information content (AvgIpc) is 3.58. The van der Waals surface area contributed by atoms with E-state index in [2.05, 4.69) is 36.5 Å². The number of benzene rings is 2. The Kier molecular flexibility index (Phi) is 14.2. The SMILES string of the molecule is O=C(CCCCCNC(=O)CCCCC[C@@H]1SC[C@@H]2NC(=O)N[C@@H]21)CCCNC(=O)CCCCCNC(=O)c1cccc2c3c([nH]c12)[C@@H]1Oc2c(O)ccc4c2C12CCN(CC1CC1)C(C4)[C@]2(O)C3. The molecule has 7 aliphatic rings. The number of amides is 5. The van der Waals surface area contributed by atoms with E-state index in [1.54, 1.807) is 6.07 Å². The number of ketones is 1. The van der Waals surface area contributed by atoms with Gasteiger partial charge >= 0.3 is 6.03 Å². The monoisotopic (exact) mass is 966 g/mol. The Balaban J connectivity index is 0.591. The van der Waals surface area contributed by atoms with E-state index in [-0.39, 0.29) is 53.4 Å². The van der Waals surface area contributed by atoms with Gasteiger partial charge in [0.25, 0.3) is 5.91 Å². The number of phenolic OH excluding ortho intramolecular Hbond substituents is 1. The first-order chi connectivity index (χ1) is 33.5. The molecule has 5 heterocycles. The quantitative estimate of drug-likeness (QED) is 0.0360. The first-order valence-corrected chi connectivity index (χ1v) is 27.2. The fourth-order valence-corrected chi connectivity index (χ4v) is 14.4. The fraction of sp³-hybridized carbons (Fsp3) is 0.642. The Morgan fingerprint density at radius 1 is 0.841 bits per heavy atom. The molecule has 372 valence electrons. The highest BCUT2D eigenvalue weighted by Crippen LogP contribution is 2.69. The van der Waals surface area contributed by atoms with Crippen molar-refractivity contribution in [2.24, 2.45) is 5.92 Å². The molecule has 5 amide bonds. The molecule has 3 aliphatic carbocycles. The number of ether oxygens (including phenoxy) is 1. The molecule has 1 spiro atoms. The summed E-state index contributed by atoms with van der Waals surface area (Å²) in [5.74, 6) is 2.33. The number of piperidine rings is 1. The van der Waals surface area contributed by atoms with Gasteiger partial charge in [0.2, 0.25) is 11.8 Å². The van der Waals surface area contributed by atoms with Crippen molar-refractivity contribution >= 4 is 52.2 Å². The maximum atomic E-state index is 13.7.